The normalized spacial score (nSPS) is 11.6. The third-order valence-corrected chi connectivity index (χ3v) is 6.80. The van der Waals surface area contributed by atoms with Gasteiger partial charge in [0.2, 0.25) is 10.0 Å². The minimum absolute atomic E-state index is 0.0918. The molecule has 3 rings (SSSR count). The van der Waals surface area contributed by atoms with E-state index in [0.717, 1.165) is 16.7 Å². The van der Waals surface area contributed by atoms with Gasteiger partial charge < -0.3 is 0 Å². The molecule has 0 aliphatic heterocycles. The van der Waals surface area contributed by atoms with Crippen LogP contribution in [0, 0.1) is 6.92 Å². The molecule has 2 aromatic carbocycles. The number of anilines is 1. The molecule has 0 aliphatic carbocycles. The predicted octanol–water partition coefficient (Wildman–Crippen LogP) is 4.44. The van der Waals surface area contributed by atoms with Gasteiger partial charge >= 0.3 is 0 Å². The maximum Gasteiger partial charge on any atom is 0.271 e. The van der Waals surface area contributed by atoms with E-state index in [4.69, 9.17) is 11.6 Å². The minimum atomic E-state index is -3.56. The smallest absolute Gasteiger partial charge is 0.267 e. The highest BCUT2D eigenvalue weighted by atomic mass is 35.5. The summed E-state index contributed by atoms with van der Waals surface area (Å²) in [7, 11) is -3.56. The fraction of sp³-hybridized carbons (Fsp3) is 0.143. The van der Waals surface area contributed by atoms with Crippen LogP contribution >= 0.6 is 22.9 Å². The Morgan fingerprint density at radius 1 is 1.17 bits per heavy atom. The van der Waals surface area contributed by atoms with E-state index < -0.39 is 10.0 Å². The number of benzene rings is 2. The minimum Gasteiger partial charge on any atom is -0.267 e. The molecule has 1 N–H and O–H groups in total. The van der Waals surface area contributed by atoms with Gasteiger partial charge in [0.15, 0.2) is 0 Å². The molecule has 0 spiro atoms. The van der Waals surface area contributed by atoms with Crippen molar-refractivity contribution in [2.24, 2.45) is 5.10 Å². The molecule has 9 heteroatoms. The average molecular weight is 462 g/mol. The number of hydrazone groups is 1. The molecular formula is C21H20ClN3O3S2. The first kappa shape index (κ1) is 22.0. The topological polar surface area (TPSA) is 78.8 Å². The van der Waals surface area contributed by atoms with Crippen LogP contribution in [-0.2, 0) is 16.6 Å². The summed E-state index contributed by atoms with van der Waals surface area (Å²) in [6.45, 7) is 2.06. The Morgan fingerprint density at radius 3 is 2.47 bits per heavy atom. The fourth-order valence-corrected chi connectivity index (χ4v) is 4.55. The fourth-order valence-electron chi connectivity index (χ4n) is 2.69. The van der Waals surface area contributed by atoms with Crippen LogP contribution in [0.3, 0.4) is 0 Å². The summed E-state index contributed by atoms with van der Waals surface area (Å²) in [6.07, 6.45) is 2.73. The Hall–Kier alpha value is -2.68. The molecule has 156 valence electrons. The van der Waals surface area contributed by atoms with E-state index in [1.165, 1.54) is 15.6 Å². The number of halogens is 1. The van der Waals surface area contributed by atoms with Crippen molar-refractivity contribution in [3.8, 4) is 0 Å². The van der Waals surface area contributed by atoms with Crippen LogP contribution in [0.4, 0.5) is 5.69 Å². The van der Waals surface area contributed by atoms with Crippen LogP contribution in [0.2, 0.25) is 5.02 Å². The number of rotatable bonds is 7. The van der Waals surface area contributed by atoms with E-state index in [0.29, 0.717) is 21.8 Å². The van der Waals surface area contributed by atoms with E-state index in [9.17, 15) is 13.2 Å². The van der Waals surface area contributed by atoms with Gasteiger partial charge in [0.25, 0.3) is 5.91 Å². The van der Waals surface area contributed by atoms with Gasteiger partial charge in [-0.3, -0.25) is 9.10 Å². The SMILES string of the molecule is Cc1ccsc1/C=N\NC(=O)c1ccc(N(Cc2ccccc2Cl)S(C)(=O)=O)cc1. The molecule has 0 saturated carbocycles. The van der Waals surface area contributed by atoms with Crippen LogP contribution in [-0.4, -0.2) is 26.8 Å². The van der Waals surface area contributed by atoms with Crippen LogP contribution in [0.15, 0.2) is 65.1 Å². The first-order valence-corrected chi connectivity index (χ1v) is 12.0. The van der Waals surface area contributed by atoms with Crippen LogP contribution < -0.4 is 9.73 Å². The van der Waals surface area contributed by atoms with Gasteiger partial charge in [0.1, 0.15) is 0 Å². The third kappa shape index (κ3) is 5.47. The number of amides is 1. The van der Waals surface area contributed by atoms with Crippen LogP contribution in [0.5, 0.6) is 0 Å². The molecule has 3 aromatic rings. The molecule has 0 aliphatic rings. The quantitative estimate of drug-likeness (QED) is 0.417. The molecule has 30 heavy (non-hydrogen) atoms. The number of sulfonamides is 1. The maximum absolute atomic E-state index is 12.3. The number of nitrogens with zero attached hydrogens (tertiary/aromatic N) is 2. The second-order valence-corrected chi connectivity index (χ2v) is 9.84. The third-order valence-electron chi connectivity index (χ3n) is 4.34. The van der Waals surface area contributed by atoms with Gasteiger partial charge in [0, 0.05) is 15.5 Å². The first-order valence-electron chi connectivity index (χ1n) is 8.94. The van der Waals surface area contributed by atoms with E-state index in [1.807, 2.05) is 18.4 Å². The molecule has 0 unspecified atom stereocenters. The largest absolute Gasteiger partial charge is 0.271 e. The highest BCUT2D eigenvalue weighted by Crippen LogP contribution is 2.24. The lowest BCUT2D eigenvalue weighted by Gasteiger charge is -2.23. The molecule has 1 amide bonds. The summed E-state index contributed by atoms with van der Waals surface area (Å²) < 4.78 is 25.9. The molecule has 1 heterocycles. The Balaban J connectivity index is 1.75. The van der Waals surface area contributed by atoms with E-state index in [1.54, 1.807) is 54.7 Å². The molecule has 0 saturated heterocycles. The number of nitrogens with one attached hydrogen (secondary N) is 1. The summed E-state index contributed by atoms with van der Waals surface area (Å²) in [6, 6.07) is 15.3. The standard InChI is InChI=1S/C21H20ClN3O3S2/c1-15-11-12-29-20(15)13-23-24-21(26)16-7-9-18(10-8-16)25(30(2,27)28)14-17-5-3-4-6-19(17)22/h3-13H,14H2,1-2H3,(H,24,26)/b23-13-. The number of thiophene rings is 1. The number of aryl methyl sites for hydroxylation is 1. The second kappa shape index (κ2) is 9.42. The van der Waals surface area contributed by atoms with Crippen LogP contribution in [0.25, 0.3) is 0 Å². The van der Waals surface area contributed by atoms with Gasteiger partial charge in [0.05, 0.1) is 24.7 Å². The molecule has 0 radical (unpaired) electrons. The monoisotopic (exact) mass is 461 g/mol. The van der Waals surface area contributed by atoms with Gasteiger partial charge in [-0.15, -0.1) is 11.3 Å². The predicted molar refractivity (Wildman–Crippen MR) is 123 cm³/mol. The van der Waals surface area contributed by atoms with Gasteiger partial charge in [-0.2, -0.15) is 5.10 Å². The van der Waals surface area contributed by atoms with Crippen molar-refractivity contribution in [2.45, 2.75) is 13.5 Å². The average Bonchev–Trinajstić information content (AvgIpc) is 3.11. The van der Waals surface area contributed by atoms with Crippen molar-refractivity contribution < 1.29 is 13.2 Å². The Kier molecular flexibility index (Phi) is 6.91. The summed E-state index contributed by atoms with van der Waals surface area (Å²) in [4.78, 5) is 13.3. The van der Waals surface area contributed by atoms with Crippen molar-refractivity contribution in [3.63, 3.8) is 0 Å². The van der Waals surface area contributed by atoms with Crippen molar-refractivity contribution in [2.75, 3.05) is 10.6 Å². The Labute approximate surface area is 184 Å². The van der Waals surface area contributed by atoms with Gasteiger partial charge in [-0.1, -0.05) is 29.8 Å². The first-order chi connectivity index (χ1) is 14.3. The van der Waals surface area contributed by atoms with Crippen molar-refractivity contribution in [3.05, 3.63) is 86.6 Å². The number of carbonyl (C=O) groups excluding carboxylic acids is 1. The summed E-state index contributed by atoms with van der Waals surface area (Å²) >= 11 is 7.71. The van der Waals surface area contributed by atoms with Crippen LogP contribution in [0.1, 0.15) is 26.4 Å². The highest BCUT2D eigenvalue weighted by molar-refractivity contribution is 7.92. The Bertz CT molecular complexity index is 1170. The zero-order chi connectivity index (χ0) is 21.7. The lowest BCUT2D eigenvalue weighted by Crippen LogP contribution is -2.29. The molecule has 0 fully saturated rings. The van der Waals surface area contributed by atoms with Crippen molar-refractivity contribution >= 4 is 50.8 Å². The van der Waals surface area contributed by atoms with E-state index in [2.05, 4.69) is 10.5 Å². The van der Waals surface area contributed by atoms with E-state index in [-0.39, 0.29) is 12.5 Å². The number of hydrogen-bond donors (Lipinski definition) is 1. The summed E-state index contributed by atoms with van der Waals surface area (Å²) in [5.74, 6) is -0.385. The summed E-state index contributed by atoms with van der Waals surface area (Å²) in [5, 5.41) is 6.42. The molecule has 1 aromatic heterocycles. The van der Waals surface area contributed by atoms with E-state index >= 15 is 0 Å². The number of hydrogen-bond acceptors (Lipinski definition) is 5. The highest BCUT2D eigenvalue weighted by Gasteiger charge is 2.19. The lowest BCUT2D eigenvalue weighted by atomic mass is 10.2. The lowest BCUT2D eigenvalue weighted by molar-refractivity contribution is 0.0955. The molecule has 0 atom stereocenters. The number of carbonyl (C=O) groups is 1. The molecule has 0 bridgehead atoms. The van der Waals surface area contributed by atoms with Gasteiger partial charge in [-0.05, 0) is 59.8 Å². The maximum atomic E-state index is 12.3. The van der Waals surface area contributed by atoms with Crippen molar-refractivity contribution in [1.29, 1.82) is 0 Å². The molecular weight excluding hydrogens is 442 g/mol. The zero-order valence-electron chi connectivity index (χ0n) is 16.4. The second-order valence-electron chi connectivity index (χ2n) is 6.57. The Morgan fingerprint density at radius 2 is 1.87 bits per heavy atom. The van der Waals surface area contributed by atoms with Crippen molar-refractivity contribution in [1.82, 2.24) is 5.43 Å². The summed E-state index contributed by atoms with van der Waals surface area (Å²) in [5.41, 5.74) is 5.05. The molecule has 6 nitrogen and oxygen atoms in total. The van der Waals surface area contributed by atoms with Gasteiger partial charge in [-0.25, -0.2) is 13.8 Å². The zero-order valence-corrected chi connectivity index (χ0v) is 18.8.